The fourth-order valence-electron chi connectivity index (χ4n) is 2.45. The average Bonchev–Trinajstić information content (AvgIpc) is 2.92. The number of carbonyl (C=O) groups is 1. The minimum Gasteiger partial charge on any atom is -0.464 e. The van der Waals surface area contributed by atoms with Gasteiger partial charge in [0.2, 0.25) is 0 Å². The van der Waals surface area contributed by atoms with E-state index in [2.05, 4.69) is 0 Å². The van der Waals surface area contributed by atoms with Crippen LogP contribution in [0.1, 0.15) is 32.6 Å². The highest BCUT2D eigenvalue weighted by molar-refractivity contribution is 5.79. The molecule has 0 N–H and O–H groups in total. The molecule has 4 nitrogen and oxygen atoms in total. The fraction of sp³-hybridized carbons (Fsp3) is 0.909. The normalized spacial score (nSPS) is 39.1. The van der Waals surface area contributed by atoms with Crippen LogP contribution in [0, 0.1) is 0 Å². The highest BCUT2D eigenvalue weighted by atomic mass is 16.7. The second kappa shape index (κ2) is 4.10. The Morgan fingerprint density at radius 3 is 3.07 bits per heavy atom. The fourth-order valence-corrected chi connectivity index (χ4v) is 2.45. The second-order valence-electron chi connectivity index (χ2n) is 4.27. The van der Waals surface area contributed by atoms with Gasteiger partial charge in [-0.3, -0.25) is 0 Å². The summed E-state index contributed by atoms with van der Waals surface area (Å²) >= 11 is 0. The van der Waals surface area contributed by atoms with Crippen molar-refractivity contribution < 1.29 is 19.0 Å². The van der Waals surface area contributed by atoms with Gasteiger partial charge in [0.1, 0.15) is 5.60 Å². The van der Waals surface area contributed by atoms with Gasteiger partial charge in [0.15, 0.2) is 6.10 Å². The number of rotatable bonds is 3. The van der Waals surface area contributed by atoms with Crippen LogP contribution >= 0.6 is 0 Å². The number of hydrogen-bond donors (Lipinski definition) is 0. The first-order chi connectivity index (χ1) is 7.22. The zero-order chi connectivity index (χ0) is 10.9. The Balaban J connectivity index is 1.91. The number of ether oxygens (including phenoxy) is 3. The van der Waals surface area contributed by atoms with Gasteiger partial charge in [-0.15, -0.1) is 0 Å². The smallest absolute Gasteiger partial charge is 0.338 e. The van der Waals surface area contributed by atoms with Crippen molar-refractivity contribution >= 4 is 5.97 Å². The first-order valence-electron chi connectivity index (χ1n) is 5.59. The molecule has 3 atom stereocenters. The predicted octanol–water partition coefficient (Wildman–Crippen LogP) is 1.28. The molecule has 0 aromatic carbocycles. The Hall–Kier alpha value is -0.610. The number of hydrogen-bond acceptors (Lipinski definition) is 4. The zero-order valence-electron chi connectivity index (χ0n) is 9.32. The average molecular weight is 214 g/mol. The molecule has 0 amide bonds. The summed E-state index contributed by atoms with van der Waals surface area (Å²) in [6.45, 7) is 2.23. The van der Waals surface area contributed by atoms with E-state index in [1.54, 1.807) is 7.11 Å². The third kappa shape index (κ3) is 2.01. The molecule has 0 bridgehead atoms. The lowest BCUT2D eigenvalue weighted by molar-refractivity contribution is -0.144. The highest BCUT2D eigenvalue weighted by Crippen LogP contribution is 2.49. The Bertz CT molecular complexity index is 253. The topological polar surface area (TPSA) is 48.1 Å². The van der Waals surface area contributed by atoms with Crippen LogP contribution in [0.25, 0.3) is 0 Å². The van der Waals surface area contributed by atoms with E-state index in [4.69, 9.17) is 14.2 Å². The van der Waals surface area contributed by atoms with Gasteiger partial charge in [-0.25, -0.2) is 4.79 Å². The molecule has 2 fully saturated rings. The van der Waals surface area contributed by atoms with Crippen LogP contribution in [0.5, 0.6) is 0 Å². The maximum Gasteiger partial charge on any atom is 0.338 e. The van der Waals surface area contributed by atoms with Crippen LogP contribution < -0.4 is 0 Å². The molecule has 0 radical (unpaired) electrons. The summed E-state index contributed by atoms with van der Waals surface area (Å²) in [6.07, 6.45) is 3.81. The molecule has 86 valence electrons. The summed E-state index contributed by atoms with van der Waals surface area (Å²) < 4.78 is 15.8. The predicted molar refractivity (Wildman–Crippen MR) is 53.5 cm³/mol. The molecule has 1 aliphatic carbocycles. The third-order valence-electron chi connectivity index (χ3n) is 3.31. The molecule has 1 aliphatic heterocycles. The van der Waals surface area contributed by atoms with Gasteiger partial charge < -0.3 is 14.2 Å². The summed E-state index contributed by atoms with van der Waals surface area (Å²) in [5.41, 5.74) is -0.259. The summed E-state index contributed by atoms with van der Waals surface area (Å²) in [5, 5.41) is 0. The van der Waals surface area contributed by atoms with Crippen molar-refractivity contribution in [2.24, 2.45) is 0 Å². The van der Waals surface area contributed by atoms with E-state index in [-0.39, 0.29) is 23.8 Å². The highest BCUT2D eigenvalue weighted by Gasteiger charge is 2.62. The number of esters is 1. The lowest BCUT2D eigenvalue weighted by atomic mass is 9.84. The van der Waals surface area contributed by atoms with E-state index in [0.717, 1.165) is 25.7 Å². The maximum absolute atomic E-state index is 11.5. The molecule has 1 heterocycles. The molecule has 1 saturated heterocycles. The lowest BCUT2D eigenvalue weighted by Gasteiger charge is -2.25. The van der Waals surface area contributed by atoms with Crippen LogP contribution in [-0.4, -0.2) is 37.5 Å². The van der Waals surface area contributed by atoms with Crippen molar-refractivity contribution in [2.75, 3.05) is 13.7 Å². The monoisotopic (exact) mass is 214 g/mol. The zero-order valence-corrected chi connectivity index (χ0v) is 9.32. The largest absolute Gasteiger partial charge is 0.464 e. The van der Waals surface area contributed by atoms with Crippen molar-refractivity contribution in [1.29, 1.82) is 0 Å². The van der Waals surface area contributed by atoms with Gasteiger partial charge in [-0.05, 0) is 26.2 Å². The van der Waals surface area contributed by atoms with Crippen LogP contribution in [0.3, 0.4) is 0 Å². The molecule has 0 aromatic heterocycles. The van der Waals surface area contributed by atoms with Crippen molar-refractivity contribution in [3.63, 3.8) is 0 Å². The van der Waals surface area contributed by atoms with Crippen molar-refractivity contribution in [3.05, 3.63) is 0 Å². The molecule has 15 heavy (non-hydrogen) atoms. The standard InChI is InChI=1S/C11H18O4/c1-3-14-10(12)9-11(15-9)6-4-5-8(7-11)13-2/h8-9H,3-7H2,1-2H3. The SMILES string of the molecule is CCOC(=O)C1OC12CCCC(OC)C2. The molecular weight excluding hydrogens is 196 g/mol. The first-order valence-corrected chi connectivity index (χ1v) is 5.59. The molecule has 3 unspecified atom stereocenters. The van der Waals surface area contributed by atoms with Crippen molar-refractivity contribution in [3.8, 4) is 0 Å². The van der Waals surface area contributed by atoms with Crippen LogP contribution in [0.15, 0.2) is 0 Å². The minimum atomic E-state index is -0.338. The van der Waals surface area contributed by atoms with Gasteiger partial charge in [0.05, 0.1) is 12.7 Å². The maximum atomic E-state index is 11.5. The summed E-state index contributed by atoms with van der Waals surface area (Å²) in [6, 6.07) is 0. The van der Waals surface area contributed by atoms with Crippen LogP contribution in [0.4, 0.5) is 0 Å². The second-order valence-corrected chi connectivity index (χ2v) is 4.27. The Morgan fingerprint density at radius 2 is 2.40 bits per heavy atom. The van der Waals surface area contributed by atoms with E-state index in [9.17, 15) is 4.79 Å². The van der Waals surface area contributed by atoms with Gasteiger partial charge >= 0.3 is 5.97 Å². The van der Waals surface area contributed by atoms with E-state index in [1.165, 1.54) is 0 Å². The minimum absolute atomic E-state index is 0.214. The molecule has 2 rings (SSSR count). The van der Waals surface area contributed by atoms with Crippen molar-refractivity contribution in [2.45, 2.75) is 50.4 Å². The molecular formula is C11H18O4. The van der Waals surface area contributed by atoms with E-state index < -0.39 is 0 Å². The number of methoxy groups -OCH3 is 1. The molecule has 1 spiro atoms. The van der Waals surface area contributed by atoms with Gasteiger partial charge in [-0.1, -0.05) is 0 Å². The van der Waals surface area contributed by atoms with E-state index >= 15 is 0 Å². The molecule has 2 aliphatic rings. The lowest BCUT2D eigenvalue weighted by Crippen LogP contribution is -2.32. The summed E-state index contributed by atoms with van der Waals surface area (Å²) in [4.78, 5) is 11.5. The Morgan fingerprint density at radius 1 is 1.60 bits per heavy atom. The first kappa shape index (κ1) is 10.9. The molecule has 0 aromatic rings. The van der Waals surface area contributed by atoms with Gasteiger partial charge in [-0.2, -0.15) is 0 Å². The summed E-state index contributed by atoms with van der Waals surface area (Å²) in [5.74, 6) is -0.214. The third-order valence-corrected chi connectivity index (χ3v) is 3.31. The van der Waals surface area contributed by atoms with Crippen LogP contribution in [0.2, 0.25) is 0 Å². The van der Waals surface area contributed by atoms with Crippen LogP contribution in [-0.2, 0) is 19.0 Å². The number of carbonyl (C=O) groups excluding carboxylic acids is 1. The summed E-state index contributed by atoms with van der Waals surface area (Å²) in [7, 11) is 1.71. The number of epoxide rings is 1. The van der Waals surface area contributed by atoms with Crippen molar-refractivity contribution in [1.82, 2.24) is 0 Å². The van der Waals surface area contributed by atoms with E-state index in [0.29, 0.717) is 6.61 Å². The Kier molecular flexibility index (Phi) is 2.98. The Labute approximate surface area is 89.9 Å². The van der Waals surface area contributed by atoms with Gasteiger partial charge in [0, 0.05) is 13.5 Å². The molecule has 1 saturated carbocycles. The van der Waals surface area contributed by atoms with Gasteiger partial charge in [0.25, 0.3) is 0 Å². The van der Waals surface area contributed by atoms with E-state index in [1.807, 2.05) is 6.92 Å². The molecule has 4 heteroatoms. The quantitative estimate of drug-likeness (QED) is 0.524.